The highest BCUT2D eigenvalue weighted by atomic mass is 127. The molecule has 0 aromatic carbocycles. The van der Waals surface area contributed by atoms with E-state index in [1.54, 1.807) is 12.3 Å². The van der Waals surface area contributed by atoms with Gasteiger partial charge in [-0.1, -0.05) is 0 Å². The predicted molar refractivity (Wildman–Crippen MR) is 117 cm³/mol. The highest BCUT2D eigenvalue weighted by Gasteiger charge is 2.49. The summed E-state index contributed by atoms with van der Waals surface area (Å²) >= 11 is 1.94. The van der Waals surface area contributed by atoms with Crippen LogP contribution in [0.15, 0.2) is 12.3 Å². The van der Waals surface area contributed by atoms with E-state index in [9.17, 15) is 22.0 Å². The lowest BCUT2D eigenvalue weighted by Crippen LogP contribution is -2.58. The van der Waals surface area contributed by atoms with Crippen LogP contribution in [0.1, 0.15) is 17.9 Å². The molecule has 33 heavy (non-hydrogen) atoms. The molecule has 0 radical (unpaired) electrons. The summed E-state index contributed by atoms with van der Waals surface area (Å²) in [5.74, 6) is -0.294. The number of aryl methyl sites for hydroxylation is 1. The third-order valence-corrected chi connectivity index (χ3v) is 6.66. The molecule has 5 rings (SSSR count). The van der Waals surface area contributed by atoms with Crippen LogP contribution in [0.3, 0.4) is 0 Å². The van der Waals surface area contributed by atoms with Crippen molar-refractivity contribution in [3.05, 3.63) is 27.5 Å². The molecule has 0 atom stereocenters. The lowest BCUT2D eigenvalue weighted by molar-refractivity contribution is -0.145. The fourth-order valence-electron chi connectivity index (χ4n) is 4.46. The number of alkyl halides is 5. The summed E-state index contributed by atoms with van der Waals surface area (Å²) in [5.41, 5.74) is 0.943. The first-order valence-electron chi connectivity index (χ1n) is 10.1. The van der Waals surface area contributed by atoms with Crippen molar-refractivity contribution in [2.24, 2.45) is 5.41 Å². The Morgan fingerprint density at radius 3 is 2.52 bits per heavy atom. The van der Waals surface area contributed by atoms with Gasteiger partial charge in [-0.25, -0.2) is 33.4 Å². The summed E-state index contributed by atoms with van der Waals surface area (Å²) in [4.78, 5) is 20.0. The minimum Gasteiger partial charge on any atom is -0.355 e. The highest BCUT2D eigenvalue weighted by molar-refractivity contribution is 14.1. The number of fused-ring (bicyclic) bond motifs is 1. The molecule has 0 unspecified atom stereocenters. The molecule has 2 aliphatic rings. The molecule has 0 bridgehead atoms. The van der Waals surface area contributed by atoms with Crippen LogP contribution < -0.4 is 9.80 Å². The Morgan fingerprint density at radius 2 is 1.82 bits per heavy atom. The highest BCUT2D eigenvalue weighted by Crippen LogP contribution is 2.43. The van der Waals surface area contributed by atoms with Gasteiger partial charge in [-0.3, -0.25) is 0 Å². The van der Waals surface area contributed by atoms with Crippen LogP contribution in [-0.2, 0) is 12.7 Å². The van der Waals surface area contributed by atoms with Crippen molar-refractivity contribution in [2.45, 2.75) is 32.5 Å². The van der Waals surface area contributed by atoms with Gasteiger partial charge in [-0.2, -0.15) is 18.3 Å². The van der Waals surface area contributed by atoms with Crippen LogP contribution in [0.25, 0.3) is 11.2 Å². The molecule has 2 fully saturated rings. The zero-order valence-corrected chi connectivity index (χ0v) is 19.5. The Labute approximate surface area is 198 Å². The van der Waals surface area contributed by atoms with Crippen molar-refractivity contribution in [2.75, 3.05) is 36.0 Å². The Balaban J connectivity index is 1.32. The van der Waals surface area contributed by atoms with Crippen molar-refractivity contribution in [1.82, 2.24) is 29.7 Å². The molecule has 2 aliphatic heterocycles. The summed E-state index contributed by atoms with van der Waals surface area (Å²) in [5, 5.41) is 4.11. The maximum absolute atomic E-state index is 13.1. The lowest BCUT2D eigenvalue weighted by Gasteiger charge is -2.48. The van der Waals surface area contributed by atoms with E-state index in [2.05, 4.69) is 25.0 Å². The first kappa shape index (κ1) is 22.4. The largest absolute Gasteiger partial charge is 0.451 e. The minimum absolute atomic E-state index is 0.106. The first-order valence-corrected chi connectivity index (χ1v) is 11.2. The molecular formula is C19H18F5IN8. The van der Waals surface area contributed by atoms with Gasteiger partial charge < -0.3 is 9.80 Å². The van der Waals surface area contributed by atoms with Gasteiger partial charge >= 0.3 is 6.18 Å². The van der Waals surface area contributed by atoms with Crippen LogP contribution in [-0.4, -0.2) is 62.3 Å². The Morgan fingerprint density at radius 1 is 1.09 bits per heavy atom. The summed E-state index contributed by atoms with van der Waals surface area (Å²) < 4.78 is 66.7. The maximum Gasteiger partial charge on any atom is 0.451 e. The van der Waals surface area contributed by atoms with Crippen LogP contribution in [0.2, 0.25) is 0 Å². The van der Waals surface area contributed by atoms with Gasteiger partial charge in [-0.05, 0) is 35.9 Å². The van der Waals surface area contributed by atoms with Gasteiger partial charge in [0.2, 0.25) is 5.82 Å². The number of nitrogens with zero attached hydrogens (tertiary/aromatic N) is 8. The van der Waals surface area contributed by atoms with E-state index < -0.39 is 25.0 Å². The number of halogens is 6. The fraction of sp³-hybridized carbons (Fsp3) is 0.526. The van der Waals surface area contributed by atoms with Gasteiger partial charge in [0.05, 0.1) is 6.20 Å². The molecule has 8 nitrogen and oxygen atoms in total. The summed E-state index contributed by atoms with van der Waals surface area (Å²) in [6, 6.07) is 1.56. The van der Waals surface area contributed by atoms with Crippen LogP contribution in [0.4, 0.5) is 33.6 Å². The third-order valence-electron chi connectivity index (χ3n) is 5.93. The van der Waals surface area contributed by atoms with Gasteiger partial charge in [-0.15, -0.1) is 0 Å². The SMILES string of the molecule is Cc1cc(N2CC3(CCN(c4cnc5c(I)nn(CC(F)F)c5n4)C3)C2)nc(C(F)(F)F)n1. The average molecular weight is 580 g/mol. The quantitative estimate of drug-likeness (QED) is 0.346. The van der Waals surface area contributed by atoms with E-state index >= 15 is 0 Å². The predicted octanol–water partition coefficient (Wildman–Crippen LogP) is 3.53. The molecule has 3 aromatic rings. The van der Waals surface area contributed by atoms with Crippen molar-refractivity contribution in [3.8, 4) is 0 Å². The number of rotatable bonds is 4. The molecule has 0 saturated carbocycles. The van der Waals surface area contributed by atoms with Gasteiger partial charge in [0.25, 0.3) is 6.43 Å². The second kappa shape index (κ2) is 7.84. The summed E-state index contributed by atoms with van der Waals surface area (Å²) in [7, 11) is 0. The van der Waals surface area contributed by atoms with Gasteiger partial charge in [0.1, 0.15) is 23.7 Å². The Kier molecular flexibility index (Phi) is 5.32. The fourth-order valence-corrected chi connectivity index (χ4v) is 5.10. The molecule has 2 saturated heterocycles. The first-order chi connectivity index (χ1) is 15.5. The van der Waals surface area contributed by atoms with E-state index in [1.807, 2.05) is 32.4 Å². The third kappa shape index (κ3) is 4.17. The standard InChI is InChI=1S/C19H18F5IN8/c1-10-4-12(29-17(27-10)19(22,23)24)32-8-18(9-32)2-3-31(7-18)13-5-26-14-15(25)30-33(6-11(20)21)16(14)28-13/h4-5,11H,2-3,6-9H2,1H3. The molecule has 0 N–H and O–H groups in total. The molecule has 3 aromatic heterocycles. The van der Waals surface area contributed by atoms with E-state index in [4.69, 9.17) is 0 Å². The zero-order valence-electron chi connectivity index (χ0n) is 17.3. The molecule has 0 aliphatic carbocycles. The second-order valence-electron chi connectivity index (χ2n) is 8.48. The van der Waals surface area contributed by atoms with Crippen LogP contribution in [0, 0.1) is 16.0 Å². The van der Waals surface area contributed by atoms with Crippen LogP contribution >= 0.6 is 22.6 Å². The van der Waals surface area contributed by atoms with Gasteiger partial charge in [0.15, 0.2) is 9.35 Å². The number of hydrogen-bond acceptors (Lipinski definition) is 7. The summed E-state index contributed by atoms with van der Waals surface area (Å²) in [6.45, 7) is 3.41. The van der Waals surface area contributed by atoms with E-state index in [0.717, 1.165) is 6.42 Å². The topological polar surface area (TPSA) is 75.9 Å². The number of anilines is 2. The van der Waals surface area contributed by atoms with Gasteiger partial charge in [0, 0.05) is 43.4 Å². The van der Waals surface area contributed by atoms with Crippen molar-refractivity contribution < 1.29 is 22.0 Å². The van der Waals surface area contributed by atoms with Crippen molar-refractivity contribution >= 4 is 45.4 Å². The normalized spacial score (nSPS) is 18.1. The van der Waals surface area contributed by atoms with Crippen LogP contribution in [0.5, 0.6) is 0 Å². The smallest absolute Gasteiger partial charge is 0.355 e. The Bertz CT molecular complexity index is 1210. The number of aromatic nitrogens is 6. The lowest BCUT2D eigenvalue weighted by atomic mass is 9.79. The molecule has 5 heterocycles. The van der Waals surface area contributed by atoms with E-state index in [0.29, 0.717) is 46.9 Å². The van der Waals surface area contributed by atoms with E-state index in [1.165, 1.54) is 11.6 Å². The average Bonchev–Trinajstić information content (AvgIpc) is 3.28. The van der Waals surface area contributed by atoms with Crippen molar-refractivity contribution in [3.63, 3.8) is 0 Å². The zero-order chi connectivity index (χ0) is 23.5. The molecular weight excluding hydrogens is 562 g/mol. The molecule has 176 valence electrons. The Hall–Kier alpha value is -2.39. The number of hydrogen-bond donors (Lipinski definition) is 0. The minimum atomic E-state index is -4.60. The van der Waals surface area contributed by atoms with Crippen molar-refractivity contribution in [1.29, 1.82) is 0 Å². The van der Waals surface area contributed by atoms with E-state index in [-0.39, 0.29) is 16.9 Å². The summed E-state index contributed by atoms with van der Waals surface area (Å²) in [6.07, 6.45) is -4.72. The monoisotopic (exact) mass is 580 g/mol. The second-order valence-corrected chi connectivity index (χ2v) is 9.50. The molecule has 1 spiro atoms. The molecule has 0 amide bonds. The maximum atomic E-state index is 13.1. The molecule has 14 heteroatoms.